The van der Waals surface area contributed by atoms with Crippen LogP contribution in [0.5, 0.6) is 0 Å². The Bertz CT molecular complexity index is 1260. The van der Waals surface area contributed by atoms with Crippen LogP contribution < -0.4 is 9.62 Å². The van der Waals surface area contributed by atoms with Crippen molar-refractivity contribution in [2.75, 3.05) is 22.8 Å². The highest BCUT2D eigenvalue weighted by Gasteiger charge is 2.27. The van der Waals surface area contributed by atoms with E-state index in [0.29, 0.717) is 15.8 Å². The van der Waals surface area contributed by atoms with Gasteiger partial charge in [0.05, 0.1) is 22.8 Å². The molecule has 0 aliphatic rings. The lowest BCUT2D eigenvalue weighted by Crippen LogP contribution is -2.38. The second-order valence-corrected chi connectivity index (χ2v) is 9.93. The van der Waals surface area contributed by atoms with Crippen LogP contribution in [0, 0.1) is 6.92 Å². The molecule has 3 aromatic rings. The Hall–Kier alpha value is -3.17. The van der Waals surface area contributed by atoms with Crippen LogP contribution in [-0.4, -0.2) is 33.4 Å². The Morgan fingerprint density at radius 3 is 2.36 bits per heavy atom. The molecule has 1 N–H and O–H groups in total. The van der Waals surface area contributed by atoms with Gasteiger partial charge in [-0.2, -0.15) is 0 Å². The lowest BCUT2D eigenvalue weighted by Gasteiger charge is -2.24. The van der Waals surface area contributed by atoms with Crippen molar-refractivity contribution in [2.24, 2.45) is 0 Å². The second-order valence-electron chi connectivity index (χ2n) is 7.15. The third-order valence-electron chi connectivity index (χ3n) is 4.65. The van der Waals surface area contributed by atoms with E-state index < -0.39 is 28.4 Å². The summed E-state index contributed by atoms with van der Waals surface area (Å²) in [6.07, 6.45) is 0. The minimum atomic E-state index is -4.03. The zero-order valence-electron chi connectivity index (χ0n) is 18.1. The maximum atomic E-state index is 13.4. The highest BCUT2D eigenvalue weighted by molar-refractivity contribution is 9.10. The molecule has 0 bridgehead atoms. The Morgan fingerprint density at radius 2 is 1.70 bits per heavy atom. The minimum absolute atomic E-state index is 0.0742. The molecule has 0 heterocycles. The van der Waals surface area contributed by atoms with Gasteiger partial charge >= 0.3 is 5.97 Å². The number of halogens is 1. The molecule has 9 heteroatoms. The first kappa shape index (κ1) is 24.5. The molecule has 33 heavy (non-hydrogen) atoms. The molecule has 1 amide bonds. The Balaban J connectivity index is 1.89. The first-order chi connectivity index (χ1) is 15.7. The topological polar surface area (TPSA) is 92.8 Å². The number of amides is 1. The van der Waals surface area contributed by atoms with Gasteiger partial charge in [-0.25, -0.2) is 13.2 Å². The number of esters is 1. The number of carbonyl (C=O) groups is 2. The van der Waals surface area contributed by atoms with Gasteiger partial charge in [0.25, 0.3) is 10.0 Å². The zero-order valence-corrected chi connectivity index (χ0v) is 20.5. The van der Waals surface area contributed by atoms with E-state index in [1.807, 2.05) is 6.92 Å². The largest absolute Gasteiger partial charge is 0.462 e. The van der Waals surface area contributed by atoms with Crippen LogP contribution in [0.25, 0.3) is 0 Å². The Morgan fingerprint density at radius 1 is 1.00 bits per heavy atom. The third kappa shape index (κ3) is 6.21. The van der Waals surface area contributed by atoms with Gasteiger partial charge in [-0.3, -0.25) is 9.10 Å². The number of rotatable bonds is 8. The molecule has 0 radical (unpaired) electrons. The number of nitrogens with zero attached hydrogens (tertiary/aromatic N) is 1. The number of nitrogens with one attached hydrogen (secondary N) is 1. The van der Waals surface area contributed by atoms with Gasteiger partial charge in [0.1, 0.15) is 6.54 Å². The number of anilines is 2. The van der Waals surface area contributed by atoms with Gasteiger partial charge < -0.3 is 10.1 Å². The van der Waals surface area contributed by atoms with Crippen molar-refractivity contribution in [1.82, 2.24) is 0 Å². The van der Waals surface area contributed by atoms with Crippen molar-refractivity contribution in [2.45, 2.75) is 18.7 Å². The quantitative estimate of drug-likeness (QED) is 0.423. The van der Waals surface area contributed by atoms with Crippen molar-refractivity contribution in [3.05, 3.63) is 88.4 Å². The van der Waals surface area contributed by atoms with Crippen LogP contribution in [-0.2, 0) is 19.6 Å². The van der Waals surface area contributed by atoms with Gasteiger partial charge in [0.15, 0.2) is 0 Å². The number of benzene rings is 3. The van der Waals surface area contributed by atoms with E-state index in [1.54, 1.807) is 61.5 Å². The predicted molar refractivity (Wildman–Crippen MR) is 131 cm³/mol. The van der Waals surface area contributed by atoms with Gasteiger partial charge in [0.2, 0.25) is 5.91 Å². The summed E-state index contributed by atoms with van der Waals surface area (Å²) in [6.45, 7) is 3.33. The molecular formula is C24H23BrN2O5S. The summed E-state index contributed by atoms with van der Waals surface area (Å²) in [5.74, 6) is -1.07. The van der Waals surface area contributed by atoms with E-state index >= 15 is 0 Å². The molecule has 0 aromatic heterocycles. The smallest absolute Gasteiger partial charge is 0.338 e. The highest BCUT2D eigenvalue weighted by atomic mass is 79.9. The molecule has 3 rings (SSSR count). The molecule has 0 spiro atoms. The van der Waals surface area contributed by atoms with E-state index in [-0.39, 0.29) is 17.1 Å². The monoisotopic (exact) mass is 530 g/mol. The van der Waals surface area contributed by atoms with Gasteiger partial charge in [-0.1, -0.05) is 45.8 Å². The van der Waals surface area contributed by atoms with Crippen molar-refractivity contribution >= 4 is 49.2 Å². The fraction of sp³-hybridized carbons (Fsp3) is 0.167. The molecular weight excluding hydrogens is 508 g/mol. The van der Waals surface area contributed by atoms with Crippen LogP contribution in [0.3, 0.4) is 0 Å². The van der Waals surface area contributed by atoms with Crippen LogP contribution in [0.15, 0.2) is 82.2 Å². The summed E-state index contributed by atoms with van der Waals surface area (Å²) in [6, 6.07) is 19.4. The van der Waals surface area contributed by atoms with Crippen molar-refractivity contribution in [3.63, 3.8) is 0 Å². The summed E-state index contributed by atoms with van der Waals surface area (Å²) in [7, 11) is -4.03. The molecule has 0 atom stereocenters. The molecule has 0 aliphatic carbocycles. The average molecular weight is 531 g/mol. The Labute approximate surface area is 201 Å². The van der Waals surface area contributed by atoms with E-state index in [0.717, 1.165) is 9.87 Å². The van der Waals surface area contributed by atoms with Crippen molar-refractivity contribution in [1.29, 1.82) is 0 Å². The highest BCUT2D eigenvalue weighted by Crippen LogP contribution is 2.26. The number of ether oxygens (including phenoxy) is 1. The minimum Gasteiger partial charge on any atom is -0.462 e. The second kappa shape index (κ2) is 10.6. The van der Waals surface area contributed by atoms with E-state index in [2.05, 4.69) is 21.2 Å². The lowest BCUT2D eigenvalue weighted by molar-refractivity contribution is -0.114. The maximum Gasteiger partial charge on any atom is 0.338 e. The summed E-state index contributed by atoms with van der Waals surface area (Å²) >= 11 is 3.35. The summed E-state index contributed by atoms with van der Waals surface area (Å²) in [5, 5.41) is 2.66. The number of aryl methyl sites for hydroxylation is 1. The first-order valence-electron chi connectivity index (χ1n) is 10.1. The first-order valence-corrected chi connectivity index (χ1v) is 12.4. The molecule has 172 valence electrons. The fourth-order valence-corrected chi connectivity index (χ4v) is 4.85. The Kier molecular flexibility index (Phi) is 7.88. The van der Waals surface area contributed by atoms with E-state index in [9.17, 15) is 18.0 Å². The summed E-state index contributed by atoms with van der Waals surface area (Å²) in [4.78, 5) is 24.9. The van der Waals surface area contributed by atoms with Crippen LogP contribution >= 0.6 is 15.9 Å². The predicted octanol–water partition coefficient (Wildman–Crippen LogP) is 4.77. The van der Waals surface area contributed by atoms with Gasteiger partial charge in [-0.05, 0) is 62.4 Å². The number of carbonyl (C=O) groups excluding carboxylic acids is 2. The van der Waals surface area contributed by atoms with Crippen molar-refractivity contribution < 1.29 is 22.7 Å². The van der Waals surface area contributed by atoms with Gasteiger partial charge in [-0.15, -0.1) is 0 Å². The summed E-state index contributed by atoms with van der Waals surface area (Å²) in [5.41, 5.74) is 1.89. The number of sulfonamides is 1. The van der Waals surface area contributed by atoms with Crippen LogP contribution in [0.4, 0.5) is 11.4 Å². The molecule has 0 fully saturated rings. The standard InChI is InChI=1S/C24H23BrN2O5S/c1-3-32-24(29)18-6-4-8-20(14-18)26-23(28)16-27(21-9-5-7-19(25)15-21)33(30,31)22-12-10-17(2)11-13-22/h4-15H,3,16H2,1-2H3,(H,26,28). The molecule has 7 nitrogen and oxygen atoms in total. The maximum absolute atomic E-state index is 13.4. The number of hydrogen-bond acceptors (Lipinski definition) is 5. The SMILES string of the molecule is CCOC(=O)c1cccc(NC(=O)CN(c2cccc(Br)c2)S(=O)(=O)c2ccc(C)cc2)c1. The lowest BCUT2D eigenvalue weighted by atomic mass is 10.2. The van der Waals surface area contributed by atoms with Crippen molar-refractivity contribution in [3.8, 4) is 0 Å². The van der Waals surface area contributed by atoms with Crippen LogP contribution in [0.1, 0.15) is 22.8 Å². The van der Waals surface area contributed by atoms with Crippen LogP contribution in [0.2, 0.25) is 0 Å². The molecule has 0 saturated heterocycles. The molecule has 0 saturated carbocycles. The molecule has 3 aromatic carbocycles. The number of hydrogen-bond donors (Lipinski definition) is 1. The summed E-state index contributed by atoms with van der Waals surface area (Å²) < 4.78 is 33.6. The van der Waals surface area contributed by atoms with Gasteiger partial charge in [0, 0.05) is 10.2 Å². The molecule has 0 aliphatic heterocycles. The zero-order chi connectivity index (χ0) is 24.0. The normalized spacial score (nSPS) is 11.0. The van der Waals surface area contributed by atoms with E-state index in [4.69, 9.17) is 4.74 Å². The molecule has 0 unspecified atom stereocenters. The fourth-order valence-electron chi connectivity index (χ4n) is 3.05. The third-order valence-corrected chi connectivity index (χ3v) is 6.93. The van der Waals surface area contributed by atoms with E-state index in [1.165, 1.54) is 18.2 Å². The average Bonchev–Trinajstić information content (AvgIpc) is 2.78.